The molecule has 0 spiro atoms. The lowest BCUT2D eigenvalue weighted by Crippen LogP contribution is -2.30. The van der Waals surface area contributed by atoms with Crippen LogP contribution in [0.3, 0.4) is 0 Å². The summed E-state index contributed by atoms with van der Waals surface area (Å²) < 4.78 is 0. The van der Waals surface area contributed by atoms with Crippen molar-refractivity contribution in [2.24, 2.45) is 11.0 Å². The molecule has 1 aromatic carbocycles. The molecule has 0 saturated heterocycles. The van der Waals surface area contributed by atoms with Crippen LogP contribution in [0.5, 0.6) is 0 Å². The van der Waals surface area contributed by atoms with E-state index in [-0.39, 0.29) is 17.9 Å². The second kappa shape index (κ2) is 6.37. The summed E-state index contributed by atoms with van der Waals surface area (Å²) in [5.74, 6) is -0.0903. The molecule has 6 heteroatoms. The zero-order chi connectivity index (χ0) is 17.4. The van der Waals surface area contributed by atoms with Crippen LogP contribution in [0.1, 0.15) is 36.8 Å². The van der Waals surface area contributed by atoms with Gasteiger partial charge in [-0.05, 0) is 17.5 Å². The molecule has 0 fully saturated rings. The van der Waals surface area contributed by atoms with Gasteiger partial charge in [0.1, 0.15) is 0 Å². The van der Waals surface area contributed by atoms with Crippen molar-refractivity contribution in [3.63, 3.8) is 0 Å². The van der Waals surface area contributed by atoms with Gasteiger partial charge in [-0.2, -0.15) is 5.10 Å². The van der Waals surface area contributed by atoms with Gasteiger partial charge >= 0.3 is 0 Å². The monoisotopic (exact) mass is 350 g/mol. The molecule has 1 amide bonds. The molecule has 4 rings (SSSR count). The first-order valence-corrected chi connectivity index (χ1v) is 9.17. The predicted octanol–water partition coefficient (Wildman–Crippen LogP) is 4.03. The highest BCUT2D eigenvalue weighted by Crippen LogP contribution is 2.36. The number of para-hydroxylation sites is 1. The lowest BCUT2D eigenvalue weighted by atomic mass is 9.99. The number of hydrazone groups is 1. The number of rotatable bonds is 3. The first kappa shape index (κ1) is 15.9. The summed E-state index contributed by atoms with van der Waals surface area (Å²) in [5, 5.41) is 8.35. The van der Waals surface area contributed by atoms with Crippen molar-refractivity contribution >= 4 is 34.0 Å². The predicted molar refractivity (Wildman–Crippen MR) is 99.4 cm³/mol. The van der Waals surface area contributed by atoms with Crippen molar-refractivity contribution in [2.75, 3.05) is 0 Å². The molecule has 0 unspecified atom stereocenters. The quantitative estimate of drug-likeness (QED) is 0.717. The Hall–Kier alpha value is -2.60. The standard InChI is InChI=1S/C19H18N4OS/c1-12(2)19(24)23-16(11-15(22-23)17-7-4-10-25-17)13-5-3-6-14-18(13)21-9-8-20-14/h3-10,12,16H,11H2,1-2H3/t16-/m0/s1. The first-order valence-electron chi connectivity index (χ1n) is 8.29. The van der Waals surface area contributed by atoms with Gasteiger partial charge in [-0.15, -0.1) is 11.3 Å². The van der Waals surface area contributed by atoms with Crippen LogP contribution in [0.2, 0.25) is 0 Å². The van der Waals surface area contributed by atoms with Crippen LogP contribution in [0.15, 0.2) is 53.2 Å². The average Bonchev–Trinajstić information content (AvgIpc) is 3.30. The van der Waals surface area contributed by atoms with Crippen molar-refractivity contribution in [1.82, 2.24) is 15.0 Å². The van der Waals surface area contributed by atoms with Crippen LogP contribution in [-0.2, 0) is 4.79 Å². The Morgan fingerprint density at radius 2 is 2.04 bits per heavy atom. The van der Waals surface area contributed by atoms with Gasteiger partial charge < -0.3 is 0 Å². The Morgan fingerprint density at radius 1 is 1.20 bits per heavy atom. The molecule has 0 bridgehead atoms. The third-order valence-corrected chi connectivity index (χ3v) is 5.24. The number of hydrogen-bond acceptors (Lipinski definition) is 5. The van der Waals surface area contributed by atoms with Gasteiger partial charge in [-0.3, -0.25) is 14.8 Å². The van der Waals surface area contributed by atoms with E-state index in [0.29, 0.717) is 6.42 Å². The zero-order valence-corrected chi connectivity index (χ0v) is 14.9. The number of hydrogen-bond donors (Lipinski definition) is 0. The van der Waals surface area contributed by atoms with Crippen LogP contribution in [0.25, 0.3) is 11.0 Å². The maximum absolute atomic E-state index is 12.8. The average molecular weight is 350 g/mol. The lowest BCUT2D eigenvalue weighted by molar-refractivity contribution is -0.136. The van der Waals surface area contributed by atoms with E-state index in [2.05, 4.69) is 15.1 Å². The van der Waals surface area contributed by atoms with Gasteiger partial charge in [0.25, 0.3) is 0 Å². The highest BCUT2D eigenvalue weighted by Gasteiger charge is 2.35. The fourth-order valence-corrected chi connectivity index (χ4v) is 3.82. The van der Waals surface area contributed by atoms with E-state index in [1.165, 1.54) is 0 Å². The highest BCUT2D eigenvalue weighted by molar-refractivity contribution is 7.12. The Morgan fingerprint density at radius 3 is 2.80 bits per heavy atom. The van der Waals surface area contributed by atoms with Crippen LogP contribution in [0, 0.1) is 5.92 Å². The summed E-state index contributed by atoms with van der Waals surface area (Å²) >= 11 is 1.65. The van der Waals surface area contributed by atoms with Crippen molar-refractivity contribution in [3.05, 3.63) is 58.5 Å². The van der Waals surface area contributed by atoms with E-state index < -0.39 is 0 Å². The molecule has 0 radical (unpaired) electrons. The van der Waals surface area contributed by atoms with E-state index >= 15 is 0 Å². The number of amides is 1. The zero-order valence-electron chi connectivity index (χ0n) is 14.1. The number of thiophene rings is 1. The number of fused-ring (bicyclic) bond motifs is 1. The molecule has 2 aromatic heterocycles. The van der Waals surface area contributed by atoms with Gasteiger partial charge in [0, 0.05) is 30.3 Å². The topological polar surface area (TPSA) is 58.5 Å². The van der Waals surface area contributed by atoms with Gasteiger partial charge in [0.2, 0.25) is 5.91 Å². The molecular formula is C19H18N4OS. The maximum atomic E-state index is 12.8. The highest BCUT2D eigenvalue weighted by atomic mass is 32.1. The minimum absolute atomic E-state index is 0.0254. The molecule has 1 atom stereocenters. The van der Waals surface area contributed by atoms with Gasteiger partial charge in [0.05, 0.1) is 27.7 Å². The Kier molecular flexibility index (Phi) is 4.05. The van der Waals surface area contributed by atoms with Crippen LogP contribution in [0.4, 0.5) is 0 Å². The van der Waals surface area contributed by atoms with Crippen molar-refractivity contribution in [3.8, 4) is 0 Å². The minimum atomic E-state index is -0.146. The third-order valence-electron chi connectivity index (χ3n) is 4.32. The number of carbonyl (C=O) groups excluding carboxylic acids is 1. The number of benzene rings is 1. The van der Waals surface area contributed by atoms with E-state index in [1.807, 2.05) is 49.6 Å². The molecule has 0 saturated carbocycles. The lowest BCUT2D eigenvalue weighted by Gasteiger charge is -2.24. The molecule has 3 aromatic rings. The van der Waals surface area contributed by atoms with E-state index in [4.69, 9.17) is 0 Å². The summed E-state index contributed by atoms with van der Waals surface area (Å²) in [6.45, 7) is 3.81. The Bertz CT molecular complexity index is 944. The molecule has 1 aliphatic heterocycles. The van der Waals surface area contributed by atoms with Gasteiger partial charge in [0.15, 0.2) is 0 Å². The normalized spacial score (nSPS) is 17.3. The fraction of sp³-hybridized carbons (Fsp3) is 0.263. The molecule has 1 aliphatic rings. The second-order valence-electron chi connectivity index (χ2n) is 6.35. The minimum Gasteiger partial charge on any atom is -0.273 e. The van der Waals surface area contributed by atoms with Crippen LogP contribution < -0.4 is 0 Å². The number of aromatic nitrogens is 2. The number of nitrogens with zero attached hydrogens (tertiary/aromatic N) is 4. The van der Waals surface area contributed by atoms with Crippen molar-refractivity contribution in [1.29, 1.82) is 0 Å². The van der Waals surface area contributed by atoms with E-state index in [0.717, 1.165) is 27.2 Å². The van der Waals surface area contributed by atoms with Crippen LogP contribution in [-0.4, -0.2) is 26.6 Å². The molecule has 0 aliphatic carbocycles. The summed E-state index contributed by atoms with van der Waals surface area (Å²) in [5.41, 5.74) is 3.62. The van der Waals surface area contributed by atoms with E-state index in [1.54, 1.807) is 28.7 Å². The fourth-order valence-electron chi connectivity index (χ4n) is 3.10. The molecule has 126 valence electrons. The Labute approximate surface area is 150 Å². The summed E-state index contributed by atoms with van der Waals surface area (Å²) in [6, 6.07) is 9.84. The maximum Gasteiger partial charge on any atom is 0.245 e. The van der Waals surface area contributed by atoms with Gasteiger partial charge in [-0.25, -0.2) is 5.01 Å². The third kappa shape index (κ3) is 2.82. The van der Waals surface area contributed by atoms with Gasteiger partial charge in [-0.1, -0.05) is 32.0 Å². The summed E-state index contributed by atoms with van der Waals surface area (Å²) in [6.07, 6.45) is 4.07. The summed E-state index contributed by atoms with van der Waals surface area (Å²) in [7, 11) is 0. The molecule has 25 heavy (non-hydrogen) atoms. The van der Waals surface area contributed by atoms with Crippen molar-refractivity contribution in [2.45, 2.75) is 26.3 Å². The largest absolute Gasteiger partial charge is 0.273 e. The molecule has 5 nitrogen and oxygen atoms in total. The Balaban J connectivity index is 1.81. The summed E-state index contributed by atoms with van der Waals surface area (Å²) in [4.78, 5) is 22.8. The molecule has 3 heterocycles. The second-order valence-corrected chi connectivity index (χ2v) is 7.30. The number of carbonyl (C=O) groups is 1. The SMILES string of the molecule is CC(C)C(=O)N1N=C(c2cccs2)C[C@H]1c1cccc2nccnc12. The smallest absolute Gasteiger partial charge is 0.245 e. The molecule has 0 N–H and O–H groups in total. The molecular weight excluding hydrogens is 332 g/mol. The first-order chi connectivity index (χ1) is 12.1. The van der Waals surface area contributed by atoms with Crippen molar-refractivity contribution < 1.29 is 4.79 Å². The van der Waals surface area contributed by atoms with E-state index in [9.17, 15) is 4.79 Å². The van der Waals surface area contributed by atoms with Crippen LogP contribution >= 0.6 is 11.3 Å².